The second-order valence-electron chi connectivity index (χ2n) is 6.10. The third kappa shape index (κ3) is 6.14. The molecule has 0 radical (unpaired) electrons. The predicted molar refractivity (Wildman–Crippen MR) is 97.5 cm³/mol. The topological polar surface area (TPSA) is 81.1 Å². The molecular formula is C17H22ClF2N5O2. The van der Waals surface area contributed by atoms with Gasteiger partial charge in [0.1, 0.15) is 12.4 Å². The highest BCUT2D eigenvalue weighted by molar-refractivity contribution is 5.91. The van der Waals surface area contributed by atoms with Crippen molar-refractivity contribution in [1.82, 2.24) is 25.6 Å². The van der Waals surface area contributed by atoms with Gasteiger partial charge in [0.25, 0.3) is 12.3 Å². The lowest BCUT2D eigenvalue weighted by Gasteiger charge is -2.22. The van der Waals surface area contributed by atoms with Crippen LogP contribution in [-0.4, -0.2) is 47.0 Å². The summed E-state index contributed by atoms with van der Waals surface area (Å²) in [7, 11) is 0. The molecule has 1 aliphatic heterocycles. The van der Waals surface area contributed by atoms with Gasteiger partial charge in [0.2, 0.25) is 0 Å². The van der Waals surface area contributed by atoms with Crippen LogP contribution in [0.3, 0.4) is 0 Å². The van der Waals surface area contributed by atoms with E-state index in [0.717, 1.165) is 31.5 Å². The highest BCUT2D eigenvalue weighted by Gasteiger charge is 2.18. The molecule has 2 aromatic rings. The van der Waals surface area contributed by atoms with Crippen LogP contribution in [0, 0.1) is 0 Å². The third-order valence-electron chi connectivity index (χ3n) is 4.15. The molecule has 0 bridgehead atoms. The molecule has 1 aliphatic rings. The summed E-state index contributed by atoms with van der Waals surface area (Å²) in [6, 6.07) is 6.94. The Morgan fingerprint density at radius 3 is 2.89 bits per heavy atom. The molecule has 3 rings (SSSR count). The van der Waals surface area contributed by atoms with Gasteiger partial charge < -0.3 is 15.4 Å². The van der Waals surface area contributed by atoms with Crippen molar-refractivity contribution < 1.29 is 18.3 Å². The summed E-state index contributed by atoms with van der Waals surface area (Å²) >= 11 is 0. The van der Waals surface area contributed by atoms with Crippen LogP contribution in [0.25, 0.3) is 0 Å². The van der Waals surface area contributed by atoms with Crippen LogP contribution >= 0.6 is 12.4 Å². The zero-order valence-electron chi connectivity index (χ0n) is 14.6. The van der Waals surface area contributed by atoms with Crippen molar-refractivity contribution in [2.24, 2.45) is 0 Å². The van der Waals surface area contributed by atoms with Crippen molar-refractivity contribution in [3.8, 4) is 5.75 Å². The third-order valence-corrected chi connectivity index (χ3v) is 4.15. The Labute approximate surface area is 161 Å². The molecule has 1 saturated heterocycles. The first-order valence-electron chi connectivity index (χ1n) is 8.52. The summed E-state index contributed by atoms with van der Waals surface area (Å²) in [5.41, 5.74) is 1.00. The number of alkyl halides is 2. The number of hydrogen-bond donors (Lipinski definition) is 2. The Hall–Kier alpha value is -2.26. The number of ether oxygens (including phenoxy) is 1. The molecule has 0 saturated carbocycles. The molecule has 27 heavy (non-hydrogen) atoms. The number of nitrogens with zero attached hydrogens (tertiary/aromatic N) is 3. The van der Waals surface area contributed by atoms with Crippen LogP contribution < -0.4 is 15.4 Å². The fourth-order valence-corrected chi connectivity index (χ4v) is 2.81. The van der Waals surface area contributed by atoms with E-state index in [0.29, 0.717) is 5.75 Å². The van der Waals surface area contributed by atoms with Gasteiger partial charge in [-0.1, -0.05) is 17.3 Å². The number of benzene rings is 1. The SMILES string of the molecule is Cl.O=C(NCc1cccc(OCC(F)F)c1)c1cn(C2CCNCC2)nn1. The number of piperidine rings is 1. The molecule has 1 amide bonds. The minimum atomic E-state index is -2.53. The lowest BCUT2D eigenvalue weighted by Crippen LogP contribution is -2.29. The molecular weight excluding hydrogens is 380 g/mol. The maximum atomic E-state index is 12.2. The number of rotatable bonds is 7. The van der Waals surface area contributed by atoms with Crippen molar-refractivity contribution in [2.45, 2.75) is 31.9 Å². The van der Waals surface area contributed by atoms with E-state index in [1.54, 1.807) is 35.1 Å². The van der Waals surface area contributed by atoms with E-state index in [2.05, 4.69) is 20.9 Å². The Balaban J connectivity index is 0.00000261. The van der Waals surface area contributed by atoms with Crippen molar-refractivity contribution >= 4 is 18.3 Å². The van der Waals surface area contributed by atoms with Gasteiger partial charge in [-0.05, 0) is 43.6 Å². The Morgan fingerprint density at radius 1 is 1.37 bits per heavy atom. The van der Waals surface area contributed by atoms with E-state index in [4.69, 9.17) is 4.74 Å². The number of halogens is 3. The lowest BCUT2D eigenvalue weighted by atomic mass is 10.1. The second kappa shape index (κ2) is 10.2. The van der Waals surface area contributed by atoms with E-state index in [-0.39, 0.29) is 36.6 Å². The van der Waals surface area contributed by atoms with Crippen molar-refractivity contribution in [3.63, 3.8) is 0 Å². The number of amides is 1. The fraction of sp³-hybridized carbons (Fsp3) is 0.471. The Morgan fingerprint density at radius 2 is 2.15 bits per heavy atom. The molecule has 1 fully saturated rings. The van der Waals surface area contributed by atoms with Crippen LogP contribution in [0.1, 0.15) is 34.9 Å². The first-order chi connectivity index (χ1) is 12.6. The summed E-state index contributed by atoms with van der Waals surface area (Å²) < 4.78 is 31.1. The maximum Gasteiger partial charge on any atom is 0.273 e. The zero-order valence-corrected chi connectivity index (χ0v) is 15.4. The van der Waals surface area contributed by atoms with Gasteiger partial charge in [-0.2, -0.15) is 0 Å². The van der Waals surface area contributed by atoms with Gasteiger partial charge in [-0.25, -0.2) is 13.5 Å². The van der Waals surface area contributed by atoms with Gasteiger partial charge in [-0.3, -0.25) is 4.79 Å². The second-order valence-corrected chi connectivity index (χ2v) is 6.10. The Kier molecular flexibility index (Phi) is 7.93. The molecule has 0 aliphatic carbocycles. The number of aromatic nitrogens is 3. The molecule has 0 spiro atoms. The molecule has 1 aromatic heterocycles. The molecule has 148 valence electrons. The molecule has 10 heteroatoms. The summed E-state index contributed by atoms with van der Waals surface area (Å²) in [5, 5.41) is 14.0. The van der Waals surface area contributed by atoms with Crippen molar-refractivity contribution in [2.75, 3.05) is 19.7 Å². The smallest absolute Gasteiger partial charge is 0.273 e. The molecule has 1 aromatic carbocycles. The fourth-order valence-electron chi connectivity index (χ4n) is 2.81. The predicted octanol–water partition coefficient (Wildman–Crippen LogP) is 2.20. The van der Waals surface area contributed by atoms with Gasteiger partial charge in [0.05, 0.1) is 12.2 Å². The summed E-state index contributed by atoms with van der Waals surface area (Å²) in [5.74, 6) is 0.0120. The summed E-state index contributed by atoms with van der Waals surface area (Å²) in [4.78, 5) is 12.2. The van der Waals surface area contributed by atoms with E-state index in [1.165, 1.54) is 0 Å². The standard InChI is InChI=1S/C17H21F2N5O2.ClH/c18-16(19)11-26-14-3-1-2-12(8-14)9-21-17(25)15-10-24(23-22-15)13-4-6-20-7-5-13;/h1-3,8,10,13,16,20H,4-7,9,11H2,(H,21,25);1H. The van der Waals surface area contributed by atoms with Crippen molar-refractivity contribution in [3.05, 3.63) is 41.7 Å². The highest BCUT2D eigenvalue weighted by Crippen LogP contribution is 2.17. The molecule has 2 N–H and O–H groups in total. The van der Waals surface area contributed by atoms with E-state index < -0.39 is 13.0 Å². The zero-order chi connectivity index (χ0) is 18.4. The van der Waals surface area contributed by atoms with Crippen LogP contribution in [0.15, 0.2) is 30.5 Å². The van der Waals surface area contributed by atoms with E-state index in [9.17, 15) is 13.6 Å². The number of carbonyl (C=O) groups excluding carboxylic acids is 1. The number of nitrogens with one attached hydrogen (secondary N) is 2. The van der Waals surface area contributed by atoms with Crippen LogP contribution in [0.2, 0.25) is 0 Å². The Bertz CT molecular complexity index is 738. The largest absolute Gasteiger partial charge is 0.488 e. The maximum absolute atomic E-state index is 12.2. The van der Waals surface area contributed by atoms with Crippen LogP contribution in [0.4, 0.5) is 8.78 Å². The molecule has 0 atom stereocenters. The van der Waals surface area contributed by atoms with E-state index >= 15 is 0 Å². The average molecular weight is 402 g/mol. The summed E-state index contributed by atoms with van der Waals surface area (Å²) in [6.45, 7) is 1.44. The average Bonchev–Trinajstić information content (AvgIpc) is 3.16. The molecule has 0 unspecified atom stereocenters. The normalized spacial score (nSPS) is 14.6. The first kappa shape index (κ1) is 21.0. The minimum Gasteiger partial charge on any atom is -0.488 e. The lowest BCUT2D eigenvalue weighted by molar-refractivity contribution is 0.0818. The van der Waals surface area contributed by atoms with Gasteiger partial charge >= 0.3 is 0 Å². The quantitative estimate of drug-likeness (QED) is 0.743. The summed E-state index contributed by atoms with van der Waals surface area (Å²) in [6.07, 6.45) is 1.04. The van der Waals surface area contributed by atoms with Crippen LogP contribution in [-0.2, 0) is 6.54 Å². The molecule has 2 heterocycles. The van der Waals surface area contributed by atoms with E-state index in [1.807, 2.05) is 0 Å². The monoisotopic (exact) mass is 401 g/mol. The molecule has 7 nitrogen and oxygen atoms in total. The number of hydrogen-bond acceptors (Lipinski definition) is 5. The van der Waals surface area contributed by atoms with Crippen molar-refractivity contribution in [1.29, 1.82) is 0 Å². The first-order valence-corrected chi connectivity index (χ1v) is 8.52. The van der Waals surface area contributed by atoms with Gasteiger partial charge in [-0.15, -0.1) is 17.5 Å². The van der Waals surface area contributed by atoms with Crippen LogP contribution in [0.5, 0.6) is 5.75 Å². The minimum absolute atomic E-state index is 0. The highest BCUT2D eigenvalue weighted by atomic mass is 35.5. The van der Waals surface area contributed by atoms with Gasteiger partial charge in [0, 0.05) is 6.54 Å². The number of carbonyl (C=O) groups is 1. The van der Waals surface area contributed by atoms with Gasteiger partial charge in [0.15, 0.2) is 5.69 Å².